The maximum absolute atomic E-state index is 6.43. The first-order valence-corrected chi connectivity index (χ1v) is 9.92. The predicted octanol–water partition coefficient (Wildman–Crippen LogP) is 5.23. The van der Waals surface area contributed by atoms with Crippen LogP contribution < -0.4 is 19.5 Å². The minimum absolute atomic E-state index is 0.406. The lowest BCUT2D eigenvalue weighted by molar-refractivity contribution is 0.171. The third kappa shape index (κ3) is 3.26. The number of hydrogen-bond acceptors (Lipinski definition) is 6. The molecule has 1 aliphatic rings. The number of rotatable bonds is 4. The van der Waals surface area contributed by atoms with Gasteiger partial charge in [0.25, 0.3) is 0 Å². The molecule has 4 aromatic rings. The SMILES string of the molecule is COc1ccc2nc(-c3c(Cl)cncc3Cl)c(Nc3ccc4c(c3)OCCO4)n2c1. The number of hydrogen-bond donors (Lipinski definition) is 1. The van der Waals surface area contributed by atoms with Gasteiger partial charge in [0.05, 0.1) is 23.4 Å². The van der Waals surface area contributed by atoms with Gasteiger partial charge in [0, 0.05) is 29.7 Å². The van der Waals surface area contributed by atoms with Crippen molar-refractivity contribution in [3.63, 3.8) is 0 Å². The number of halogens is 2. The van der Waals surface area contributed by atoms with Gasteiger partial charge in [0.2, 0.25) is 0 Å². The van der Waals surface area contributed by atoms with Crippen molar-refractivity contribution in [1.82, 2.24) is 14.4 Å². The third-order valence-electron chi connectivity index (χ3n) is 4.72. The van der Waals surface area contributed by atoms with Gasteiger partial charge in [0.1, 0.15) is 36.1 Å². The number of benzene rings is 1. The zero-order chi connectivity index (χ0) is 20.7. The zero-order valence-corrected chi connectivity index (χ0v) is 17.4. The van der Waals surface area contributed by atoms with Crippen molar-refractivity contribution in [2.45, 2.75) is 0 Å². The van der Waals surface area contributed by atoms with Crippen LogP contribution in [0.3, 0.4) is 0 Å². The normalized spacial score (nSPS) is 12.8. The van der Waals surface area contributed by atoms with Crippen LogP contribution in [-0.2, 0) is 0 Å². The molecule has 5 rings (SSSR count). The van der Waals surface area contributed by atoms with Crippen LogP contribution in [-0.4, -0.2) is 34.7 Å². The van der Waals surface area contributed by atoms with Crippen LogP contribution in [0, 0.1) is 0 Å². The molecule has 7 nitrogen and oxygen atoms in total. The topological polar surface area (TPSA) is 69.9 Å². The summed E-state index contributed by atoms with van der Waals surface area (Å²) >= 11 is 12.9. The van der Waals surface area contributed by atoms with Crippen molar-refractivity contribution in [3.8, 4) is 28.5 Å². The lowest BCUT2D eigenvalue weighted by Crippen LogP contribution is -2.15. The Morgan fingerprint density at radius 3 is 2.57 bits per heavy atom. The van der Waals surface area contributed by atoms with Crippen LogP contribution in [0.1, 0.15) is 0 Å². The molecule has 0 unspecified atom stereocenters. The Bertz CT molecular complexity index is 1240. The Morgan fingerprint density at radius 2 is 1.80 bits per heavy atom. The molecule has 1 aliphatic heterocycles. The maximum atomic E-state index is 6.43. The minimum Gasteiger partial charge on any atom is -0.495 e. The highest BCUT2D eigenvalue weighted by Gasteiger charge is 2.21. The first-order chi connectivity index (χ1) is 14.6. The number of anilines is 2. The number of aromatic nitrogens is 3. The van der Waals surface area contributed by atoms with Crippen molar-refractivity contribution >= 4 is 40.4 Å². The van der Waals surface area contributed by atoms with E-state index >= 15 is 0 Å². The quantitative estimate of drug-likeness (QED) is 0.466. The van der Waals surface area contributed by atoms with Crippen molar-refractivity contribution in [2.75, 3.05) is 25.6 Å². The number of imidazole rings is 1. The van der Waals surface area contributed by atoms with Crippen molar-refractivity contribution < 1.29 is 14.2 Å². The molecular weight excluding hydrogens is 427 g/mol. The maximum Gasteiger partial charge on any atom is 0.163 e. The highest BCUT2D eigenvalue weighted by atomic mass is 35.5. The van der Waals surface area contributed by atoms with Gasteiger partial charge in [-0.1, -0.05) is 23.2 Å². The van der Waals surface area contributed by atoms with Gasteiger partial charge < -0.3 is 19.5 Å². The Kier molecular flexibility index (Phi) is 4.77. The molecule has 1 N–H and O–H groups in total. The fourth-order valence-corrected chi connectivity index (χ4v) is 3.88. The fourth-order valence-electron chi connectivity index (χ4n) is 3.34. The van der Waals surface area contributed by atoms with Gasteiger partial charge in [0.15, 0.2) is 11.5 Å². The Morgan fingerprint density at radius 1 is 1.03 bits per heavy atom. The van der Waals surface area contributed by atoms with Gasteiger partial charge in [-0.3, -0.25) is 9.38 Å². The Labute approximate surface area is 182 Å². The zero-order valence-electron chi connectivity index (χ0n) is 15.9. The molecule has 152 valence electrons. The first kappa shape index (κ1) is 18.8. The van der Waals surface area contributed by atoms with Crippen molar-refractivity contribution in [2.24, 2.45) is 0 Å². The molecule has 0 radical (unpaired) electrons. The lowest BCUT2D eigenvalue weighted by atomic mass is 10.2. The molecule has 30 heavy (non-hydrogen) atoms. The highest BCUT2D eigenvalue weighted by Crippen LogP contribution is 2.40. The van der Waals surface area contributed by atoms with Crippen LogP contribution in [0.25, 0.3) is 16.9 Å². The smallest absolute Gasteiger partial charge is 0.163 e. The molecular formula is C21H16Cl2N4O3. The summed E-state index contributed by atoms with van der Waals surface area (Å²) in [4.78, 5) is 8.80. The molecule has 0 atom stereocenters. The monoisotopic (exact) mass is 442 g/mol. The standard InChI is InChI=1S/C21H16Cl2N4O3/c1-28-13-3-5-18-26-20(19-14(22)9-24-10-15(19)23)21(27(18)11-13)25-12-2-4-16-17(8-12)30-7-6-29-16/h2-5,8-11,25H,6-7H2,1H3. The largest absolute Gasteiger partial charge is 0.495 e. The Balaban J connectivity index is 1.69. The summed E-state index contributed by atoms with van der Waals surface area (Å²) in [6.07, 6.45) is 4.93. The second-order valence-corrected chi connectivity index (χ2v) is 7.38. The summed E-state index contributed by atoms with van der Waals surface area (Å²) in [5.74, 6) is 2.76. The second kappa shape index (κ2) is 7.59. The molecule has 0 saturated heterocycles. The number of nitrogens with zero attached hydrogens (tertiary/aromatic N) is 3. The van der Waals surface area contributed by atoms with E-state index in [-0.39, 0.29) is 0 Å². The van der Waals surface area contributed by atoms with E-state index in [0.717, 1.165) is 5.69 Å². The van der Waals surface area contributed by atoms with Crippen LogP contribution in [0.2, 0.25) is 10.0 Å². The summed E-state index contributed by atoms with van der Waals surface area (Å²) in [6, 6.07) is 9.36. The van der Waals surface area contributed by atoms with E-state index in [0.29, 0.717) is 63.2 Å². The number of nitrogens with one attached hydrogen (secondary N) is 1. The van der Waals surface area contributed by atoms with Gasteiger partial charge in [-0.05, 0) is 24.3 Å². The Hall–Kier alpha value is -3.16. The van der Waals surface area contributed by atoms with E-state index < -0.39 is 0 Å². The number of fused-ring (bicyclic) bond motifs is 2. The minimum atomic E-state index is 0.406. The van der Waals surface area contributed by atoms with Gasteiger partial charge >= 0.3 is 0 Å². The number of pyridine rings is 2. The van der Waals surface area contributed by atoms with E-state index in [1.54, 1.807) is 19.5 Å². The van der Waals surface area contributed by atoms with Crippen molar-refractivity contribution in [3.05, 3.63) is 59.0 Å². The summed E-state index contributed by atoms with van der Waals surface area (Å²) in [7, 11) is 1.61. The molecule has 4 heterocycles. The summed E-state index contributed by atoms with van der Waals surface area (Å²) in [5, 5.41) is 4.23. The molecule has 0 spiro atoms. The average molecular weight is 443 g/mol. The fraction of sp³-hybridized carbons (Fsp3) is 0.143. The molecule has 3 aromatic heterocycles. The van der Waals surface area contributed by atoms with Gasteiger partial charge in [-0.15, -0.1) is 0 Å². The molecule has 0 saturated carbocycles. The second-order valence-electron chi connectivity index (χ2n) is 6.57. The third-order valence-corrected chi connectivity index (χ3v) is 5.30. The molecule has 0 fully saturated rings. The van der Waals surface area contributed by atoms with Crippen LogP contribution in [0.4, 0.5) is 11.5 Å². The highest BCUT2D eigenvalue weighted by molar-refractivity contribution is 6.39. The van der Waals surface area contributed by atoms with E-state index in [4.69, 9.17) is 42.4 Å². The number of ether oxygens (including phenoxy) is 3. The summed E-state index contributed by atoms with van der Waals surface area (Å²) in [5.41, 5.74) is 2.69. The van der Waals surface area contributed by atoms with Crippen molar-refractivity contribution in [1.29, 1.82) is 0 Å². The molecule has 0 aliphatic carbocycles. The van der Waals surface area contributed by atoms with Crippen LogP contribution >= 0.6 is 23.2 Å². The summed E-state index contributed by atoms with van der Waals surface area (Å²) < 4.78 is 18.6. The van der Waals surface area contributed by atoms with Gasteiger partial charge in [-0.25, -0.2) is 4.98 Å². The van der Waals surface area contributed by atoms with E-state index in [2.05, 4.69) is 10.3 Å². The first-order valence-electron chi connectivity index (χ1n) is 9.16. The molecule has 0 bridgehead atoms. The van der Waals surface area contributed by atoms with Gasteiger partial charge in [-0.2, -0.15) is 0 Å². The van der Waals surface area contributed by atoms with E-state index in [9.17, 15) is 0 Å². The molecule has 0 amide bonds. The number of methoxy groups -OCH3 is 1. The van der Waals surface area contributed by atoms with Crippen LogP contribution in [0.15, 0.2) is 48.9 Å². The average Bonchev–Trinajstić information content (AvgIpc) is 3.10. The summed E-state index contributed by atoms with van der Waals surface area (Å²) in [6.45, 7) is 1.05. The van der Waals surface area contributed by atoms with Crippen LogP contribution in [0.5, 0.6) is 17.2 Å². The van der Waals surface area contributed by atoms with E-state index in [1.807, 2.05) is 40.9 Å². The molecule has 1 aromatic carbocycles. The molecule has 9 heteroatoms. The van der Waals surface area contributed by atoms with E-state index in [1.165, 1.54) is 0 Å². The predicted molar refractivity (Wildman–Crippen MR) is 116 cm³/mol. The lowest BCUT2D eigenvalue weighted by Gasteiger charge is -2.19.